The summed E-state index contributed by atoms with van der Waals surface area (Å²) in [6, 6.07) is 3.82. The minimum Gasteiger partial charge on any atom is -0.368 e. The largest absolute Gasteiger partial charge is 0.368 e. The Morgan fingerprint density at radius 3 is 2.62 bits per heavy atom. The molecular formula is C25H26N10O3S. The van der Waals surface area contributed by atoms with Crippen LogP contribution in [0.1, 0.15) is 32.7 Å². The van der Waals surface area contributed by atoms with Crippen LogP contribution < -0.4 is 11.1 Å². The van der Waals surface area contributed by atoms with Crippen molar-refractivity contribution in [2.24, 2.45) is 5.73 Å². The maximum absolute atomic E-state index is 12.5. The van der Waals surface area contributed by atoms with Gasteiger partial charge in [-0.05, 0) is 32.8 Å². The quantitative estimate of drug-likeness (QED) is 0.282. The second-order valence-corrected chi connectivity index (χ2v) is 11.8. The Bertz CT molecular complexity index is 1810. The monoisotopic (exact) mass is 546 g/mol. The van der Waals surface area contributed by atoms with E-state index in [0.29, 0.717) is 35.9 Å². The molecule has 3 N–H and O–H groups in total. The zero-order chi connectivity index (χ0) is 27.3. The number of carbonyl (C=O) groups excluding carboxylic acids is 1. The van der Waals surface area contributed by atoms with E-state index < -0.39 is 15.9 Å². The Morgan fingerprint density at radius 1 is 1.08 bits per heavy atom. The molecule has 1 aliphatic carbocycles. The summed E-state index contributed by atoms with van der Waals surface area (Å²) < 4.78 is 29.6. The van der Waals surface area contributed by atoms with Gasteiger partial charge in [0.15, 0.2) is 5.82 Å². The molecule has 1 fully saturated rings. The van der Waals surface area contributed by atoms with Crippen LogP contribution in [0.15, 0.2) is 55.5 Å². The van der Waals surface area contributed by atoms with Gasteiger partial charge in [0.25, 0.3) is 10.0 Å². The van der Waals surface area contributed by atoms with Crippen LogP contribution in [0.25, 0.3) is 33.4 Å². The smallest absolute Gasteiger partial charge is 0.256 e. The van der Waals surface area contributed by atoms with Gasteiger partial charge in [-0.15, -0.1) is 0 Å². The first-order valence-corrected chi connectivity index (χ1v) is 13.9. The molecule has 6 rings (SSSR count). The Balaban J connectivity index is 1.29. The zero-order valence-corrected chi connectivity index (χ0v) is 22.1. The summed E-state index contributed by atoms with van der Waals surface area (Å²) in [5.74, 6) is 0.964. The van der Waals surface area contributed by atoms with Gasteiger partial charge in [-0.3, -0.25) is 9.48 Å². The predicted molar refractivity (Wildman–Crippen MR) is 144 cm³/mol. The lowest BCUT2D eigenvalue weighted by Crippen LogP contribution is -2.18. The summed E-state index contributed by atoms with van der Waals surface area (Å²) in [5, 5.41) is 12.1. The van der Waals surface area contributed by atoms with E-state index in [1.54, 1.807) is 30.9 Å². The zero-order valence-electron chi connectivity index (χ0n) is 21.3. The number of pyridine rings is 1. The standard InChI is InChI=1S/C25H26N10O3S/c1-15(2)34-13-20(16-8-29-33(11-16)14-22(26)36)19-10-28-24(7-21(19)34)31-23-5-6-27-25(32-23)17-9-30-35(12-17)39(37,38)18-3-4-18/h5-13,15,18H,3-4,14H2,1-2H3,(H2,26,36)(H,27,28,31,32). The number of nitrogens with zero attached hydrogens (tertiary/aromatic N) is 8. The highest BCUT2D eigenvalue weighted by Gasteiger charge is 2.37. The fraction of sp³-hybridized carbons (Fsp3) is 0.280. The normalized spacial score (nSPS) is 13.8. The number of aromatic nitrogens is 8. The number of anilines is 2. The average molecular weight is 547 g/mol. The van der Waals surface area contributed by atoms with Crippen LogP contribution in [0, 0.1) is 0 Å². The van der Waals surface area contributed by atoms with Gasteiger partial charge in [0, 0.05) is 53.4 Å². The highest BCUT2D eigenvalue weighted by atomic mass is 32.2. The lowest BCUT2D eigenvalue weighted by atomic mass is 10.1. The van der Waals surface area contributed by atoms with Crippen molar-refractivity contribution in [3.05, 3.63) is 55.5 Å². The average Bonchev–Trinajstić information content (AvgIpc) is 3.30. The number of rotatable bonds is 9. The number of amides is 1. The van der Waals surface area contributed by atoms with Gasteiger partial charge in [-0.2, -0.15) is 14.3 Å². The number of nitrogens with two attached hydrogens (primary N) is 1. The molecule has 1 aliphatic rings. The summed E-state index contributed by atoms with van der Waals surface area (Å²) in [6.45, 7) is 4.19. The second kappa shape index (κ2) is 9.31. The van der Waals surface area contributed by atoms with Crippen molar-refractivity contribution in [3.8, 4) is 22.5 Å². The third kappa shape index (κ3) is 4.74. The van der Waals surface area contributed by atoms with Gasteiger partial charge in [-0.25, -0.2) is 23.4 Å². The summed E-state index contributed by atoms with van der Waals surface area (Å²) in [7, 11) is -3.47. The molecule has 5 aromatic heterocycles. The third-order valence-electron chi connectivity index (χ3n) is 6.47. The van der Waals surface area contributed by atoms with Crippen molar-refractivity contribution < 1.29 is 13.2 Å². The van der Waals surface area contributed by atoms with Crippen molar-refractivity contribution in [1.29, 1.82) is 0 Å². The van der Waals surface area contributed by atoms with Crippen LogP contribution in [-0.2, 0) is 21.4 Å². The summed E-state index contributed by atoms with van der Waals surface area (Å²) in [4.78, 5) is 24.7. The molecule has 14 heteroatoms. The Hall–Kier alpha value is -4.59. The molecule has 0 bridgehead atoms. The van der Waals surface area contributed by atoms with Gasteiger partial charge in [0.1, 0.15) is 18.2 Å². The van der Waals surface area contributed by atoms with E-state index in [0.717, 1.165) is 26.1 Å². The molecule has 5 aromatic rings. The summed E-state index contributed by atoms with van der Waals surface area (Å²) in [5.41, 5.74) is 8.56. The first kappa shape index (κ1) is 24.7. The molecule has 5 heterocycles. The van der Waals surface area contributed by atoms with Crippen molar-refractivity contribution in [2.45, 2.75) is 44.5 Å². The topological polar surface area (TPSA) is 168 Å². The molecule has 39 heavy (non-hydrogen) atoms. The van der Waals surface area contributed by atoms with Crippen LogP contribution >= 0.6 is 0 Å². The Morgan fingerprint density at radius 2 is 1.87 bits per heavy atom. The minimum absolute atomic E-state index is 0.00712. The molecule has 0 saturated heterocycles. The molecule has 1 saturated carbocycles. The van der Waals surface area contributed by atoms with Gasteiger partial charge < -0.3 is 15.6 Å². The lowest BCUT2D eigenvalue weighted by Gasteiger charge is -2.10. The number of hydrogen-bond donors (Lipinski definition) is 2. The van der Waals surface area contributed by atoms with E-state index in [2.05, 4.69) is 48.9 Å². The van der Waals surface area contributed by atoms with E-state index in [1.807, 2.05) is 12.3 Å². The summed E-state index contributed by atoms with van der Waals surface area (Å²) in [6.07, 6.45) is 13.1. The first-order chi connectivity index (χ1) is 18.7. The molecule has 0 radical (unpaired) electrons. The molecule has 13 nitrogen and oxygen atoms in total. The number of hydrogen-bond acceptors (Lipinski definition) is 9. The maximum Gasteiger partial charge on any atom is 0.256 e. The number of fused-ring (bicyclic) bond motifs is 1. The molecule has 0 aliphatic heterocycles. The minimum atomic E-state index is -3.47. The van der Waals surface area contributed by atoms with Crippen LogP contribution in [-0.4, -0.2) is 58.1 Å². The van der Waals surface area contributed by atoms with Crippen molar-refractivity contribution in [1.82, 2.24) is 38.5 Å². The lowest BCUT2D eigenvalue weighted by molar-refractivity contribution is -0.118. The van der Waals surface area contributed by atoms with Crippen molar-refractivity contribution in [2.75, 3.05) is 5.32 Å². The van der Waals surface area contributed by atoms with Crippen molar-refractivity contribution in [3.63, 3.8) is 0 Å². The fourth-order valence-corrected chi connectivity index (χ4v) is 5.87. The van der Waals surface area contributed by atoms with E-state index in [9.17, 15) is 13.2 Å². The molecule has 0 aromatic carbocycles. The molecule has 0 spiro atoms. The van der Waals surface area contributed by atoms with Crippen molar-refractivity contribution >= 4 is 38.5 Å². The van der Waals surface area contributed by atoms with E-state index in [4.69, 9.17) is 5.73 Å². The van der Waals surface area contributed by atoms with E-state index in [1.165, 1.54) is 17.1 Å². The fourth-order valence-electron chi connectivity index (χ4n) is 4.40. The number of carbonyl (C=O) groups is 1. The van der Waals surface area contributed by atoms with Gasteiger partial charge in [0.05, 0.1) is 34.9 Å². The molecule has 1 amide bonds. The van der Waals surface area contributed by atoms with Crippen LogP contribution in [0.4, 0.5) is 11.6 Å². The molecule has 200 valence electrons. The van der Waals surface area contributed by atoms with Gasteiger partial charge in [-0.1, -0.05) is 0 Å². The van der Waals surface area contributed by atoms with Crippen LogP contribution in [0.5, 0.6) is 0 Å². The van der Waals surface area contributed by atoms with Gasteiger partial charge >= 0.3 is 0 Å². The van der Waals surface area contributed by atoms with Crippen LogP contribution in [0.3, 0.4) is 0 Å². The maximum atomic E-state index is 12.5. The highest BCUT2D eigenvalue weighted by molar-refractivity contribution is 7.90. The SMILES string of the molecule is CC(C)n1cc(-c2cnn(CC(N)=O)c2)c2cnc(Nc3ccnc(-c4cnn(S(=O)(=O)C5CC5)c4)n3)cc21. The predicted octanol–water partition coefficient (Wildman–Crippen LogP) is 2.70. The molecule has 0 atom stereocenters. The number of primary amides is 1. The van der Waals surface area contributed by atoms with Crippen LogP contribution in [0.2, 0.25) is 0 Å². The highest BCUT2D eigenvalue weighted by Crippen LogP contribution is 2.34. The van der Waals surface area contributed by atoms with E-state index >= 15 is 0 Å². The Labute approximate surface area is 223 Å². The first-order valence-electron chi connectivity index (χ1n) is 12.4. The molecular weight excluding hydrogens is 520 g/mol. The van der Waals surface area contributed by atoms with Gasteiger partial charge in [0.2, 0.25) is 5.91 Å². The summed E-state index contributed by atoms with van der Waals surface area (Å²) >= 11 is 0. The molecule has 0 unspecified atom stereocenters. The third-order valence-corrected chi connectivity index (χ3v) is 8.51. The second-order valence-electron chi connectivity index (χ2n) is 9.76. The number of nitrogens with one attached hydrogen (secondary N) is 1. The Kier molecular flexibility index (Phi) is 5.90. The van der Waals surface area contributed by atoms with E-state index in [-0.39, 0.29) is 17.8 Å².